The minimum Gasteiger partial charge on any atom is -0.379 e. The molecule has 1 aliphatic heterocycles. The normalized spacial score (nSPS) is 15.5. The fraction of sp³-hybridized carbons (Fsp3) is 0.389. The Morgan fingerprint density at radius 2 is 1.81 bits per heavy atom. The monoisotopic (exact) mass is 409 g/mol. The van der Waals surface area contributed by atoms with Crippen LogP contribution in [-0.4, -0.2) is 59.0 Å². The van der Waals surface area contributed by atoms with Crippen molar-refractivity contribution in [2.75, 3.05) is 45.3 Å². The first kappa shape index (κ1) is 19.8. The summed E-state index contributed by atoms with van der Waals surface area (Å²) in [7, 11) is 0.387. The Bertz CT molecular complexity index is 886. The molecule has 3 rings (SSSR count). The first-order valence-electron chi connectivity index (χ1n) is 8.60. The number of carbonyl (C=O) groups excluding carboxylic acids is 1. The summed E-state index contributed by atoms with van der Waals surface area (Å²) in [5.74, 6) is -0.189. The number of amides is 1. The van der Waals surface area contributed by atoms with Gasteiger partial charge in [-0.2, -0.15) is 4.31 Å². The van der Waals surface area contributed by atoms with Gasteiger partial charge in [0.1, 0.15) is 4.21 Å². The van der Waals surface area contributed by atoms with E-state index in [0.717, 1.165) is 10.6 Å². The van der Waals surface area contributed by atoms with E-state index in [1.54, 1.807) is 24.3 Å². The molecule has 1 N–H and O–H groups in total. The number of hydrogen-bond acceptors (Lipinski definition) is 6. The van der Waals surface area contributed by atoms with E-state index in [2.05, 4.69) is 5.32 Å². The van der Waals surface area contributed by atoms with Crippen molar-refractivity contribution in [1.82, 2.24) is 9.62 Å². The second kappa shape index (κ2) is 8.39. The van der Waals surface area contributed by atoms with E-state index in [0.29, 0.717) is 36.1 Å². The topological polar surface area (TPSA) is 79.0 Å². The zero-order valence-electron chi connectivity index (χ0n) is 15.3. The Balaban J connectivity index is 1.61. The number of carbonyl (C=O) groups is 1. The molecule has 0 radical (unpaired) electrons. The van der Waals surface area contributed by atoms with Gasteiger partial charge in [0.25, 0.3) is 15.9 Å². The maximum absolute atomic E-state index is 12.6. The molecule has 2 aromatic rings. The van der Waals surface area contributed by atoms with Crippen molar-refractivity contribution in [2.24, 2.45) is 0 Å². The van der Waals surface area contributed by atoms with Crippen LogP contribution in [0.25, 0.3) is 0 Å². The van der Waals surface area contributed by atoms with E-state index in [1.807, 2.05) is 31.1 Å². The van der Waals surface area contributed by atoms with Gasteiger partial charge in [0.05, 0.1) is 19.8 Å². The van der Waals surface area contributed by atoms with Crippen LogP contribution in [0.1, 0.15) is 15.2 Å². The molecule has 1 saturated heterocycles. The van der Waals surface area contributed by atoms with Crippen LogP contribution in [-0.2, 0) is 21.3 Å². The van der Waals surface area contributed by atoms with Crippen molar-refractivity contribution in [3.8, 4) is 0 Å². The van der Waals surface area contributed by atoms with Gasteiger partial charge in [0, 0.05) is 43.3 Å². The SMILES string of the molecule is CN(C)c1ccc(C(=O)NCc2ccc(S(=O)(=O)N3CCOCC3)s2)cc1. The maximum Gasteiger partial charge on any atom is 0.252 e. The van der Waals surface area contributed by atoms with Gasteiger partial charge in [0.2, 0.25) is 0 Å². The Labute approximate surface area is 163 Å². The fourth-order valence-electron chi connectivity index (χ4n) is 2.69. The Hall–Kier alpha value is -1.94. The molecule has 2 heterocycles. The van der Waals surface area contributed by atoms with Gasteiger partial charge in [-0.3, -0.25) is 4.79 Å². The number of morpholine rings is 1. The van der Waals surface area contributed by atoms with Gasteiger partial charge in [-0.1, -0.05) is 0 Å². The lowest BCUT2D eigenvalue weighted by molar-refractivity contribution is 0.0731. The molecule has 0 spiro atoms. The molecule has 1 amide bonds. The van der Waals surface area contributed by atoms with E-state index < -0.39 is 10.0 Å². The van der Waals surface area contributed by atoms with Gasteiger partial charge in [-0.25, -0.2) is 8.42 Å². The summed E-state index contributed by atoms with van der Waals surface area (Å²) in [5.41, 5.74) is 1.58. The molecule has 27 heavy (non-hydrogen) atoms. The average Bonchev–Trinajstić information content (AvgIpc) is 3.17. The van der Waals surface area contributed by atoms with E-state index in [-0.39, 0.29) is 12.5 Å². The van der Waals surface area contributed by atoms with Crippen LogP contribution in [0.5, 0.6) is 0 Å². The average molecular weight is 410 g/mol. The highest BCUT2D eigenvalue weighted by molar-refractivity contribution is 7.91. The lowest BCUT2D eigenvalue weighted by atomic mass is 10.2. The predicted octanol–water partition coefficient (Wildman–Crippen LogP) is 1.76. The molecule has 1 aromatic carbocycles. The minimum atomic E-state index is -3.49. The predicted molar refractivity (Wildman–Crippen MR) is 106 cm³/mol. The number of thiophene rings is 1. The summed E-state index contributed by atoms with van der Waals surface area (Å²) in [5, 5.41) is 2.84. The molecule has 0 unspecified atom stereocenters. The number of sulfonamides is 1. The van der Waals surface area contributed by atoms with Crippen LogP contribution < -0.4 is 10.2 Å². The third-order valence-corrected chi connectivity index (χ3v) is 7.72. The van der Waals surface area contributed by atoms with Crippen molar-refractivity contribution < 1.29 is 17.9 Å². The maximum atomic E-state index is 12.6. The van der Waals surface area contributed by atoms with Gasteiger partial charge >= 0.3 is 0 Å². The fourth-order valence-corrected chi connectivity index (χ4v) is 5.54. The minimum absolute atomic E-state index is 0.189. The molecule has 146 valence electrons. The zero-order chi connectivity index (χ0) is 19.4. The highest BCUT2D eigenvalue weighted by Crippen LogP contribution is 2.25. The summed E-state index contributed by atoms with van der Waals surface area (Å²) < 4.78 is 32.2. The molecule has 1 fully saturated rings. The van der Waals surface area contributed by atoms with Crippen LogP contribution in [0.15, 0.2) is 40.6 Å². The van der Waals surface area contributed by atoms with Crippen molar-refractivity contribution in [3.05, 3.63) is 46.8 Å². The standard InChI is InChI=1S/C18H23N3O4S2/c1-20(2)15-5-3-14(4-6-15)18(22)19-13-16-7-8-17(26-16)27(23,24)21-9-11-25-12-10-21/h3-8H,9-13H2,1-2H3,(H,19,22). The van der Waals surface area contributed by atoms with Crippen molar-refractivity contribution in [2.45, 2.75) is 10.8 Å². The van der Waals surface area contributed by atoms with Crippen molar-refractivity contribution in [1.29, 1.82) is 0 Å². The smallest absolute Gasteiger partial charge is 0.252 e. The highest BCUT2D eigenvalue weighted by atomic mass is 32.2. The van der Waals surface area contributed by atoms with E-state index in [9.17, 15) is 13.2 Å². The molecule has 9 heteroatoms. The zero-order valence-corrected chi connectivity index (χ0v) is 17.0. The molecule has 1 aliphatic rings. The molecule has 0 bridgehead atoms. The number of anilines is 1. The molecular formula is C18H23N3O4S2. The van der Waals surface area contributed by atoms with Gasteiger partial charge < -0.3 is 15.0 Å². The second-order valence-electron chi connectivity index (χ2n) is 6.36. The number of ether oxygens (including phenoxy) is 1. The number of benzene rings is 1. The summed E-state index contributed by atoms with van der Waals surface area (Å²) in [6, 6.07) is 10.6. The van der Waals surface area contributed by atoms with E-state index in [1.165, 1.54) is 15.6 Å². The van der Waals surface area contributed by atoms with E-state index in [4.69, 9.17) is 4.74 Å². The van der Waals surface area contributed by atoms with Gasteiger partial charge in [-0.05, 0) is 36.4 Å². The number of hydrogen-bond donors (Lipinski definition) is 1. The largest absolute Gasteiger partial charge is 0.379 e. The summed E-state index contributed by atoms with van der Waals surface area (Å²) in [6.07, 6.45) is 0. The molecule has 0 aliphatic carbocycles. The quantitative estimate of drug-likeness (QED) is 0.787. The van der Waals surface area contributed by atoms with E-state index >= 15 is 0 Å². The van der Waals surface area contributed by atoms with Crippen molar-refractivity contribution in [3.63, 3.8) is 0 Å². The Kier molecular flexibility index (Phi) is 6.15. The molecule has 1 aromatic heterocycles. The number of rotatable bonds is 6. The van der Waals surface area contributed by atoms with Gasteiger partial charge in [0.15, 0.2) is 0 Å². The molecular weight excluding hydrogens is 386 g/mol. The molecule has 0 saturated carbocycles. The number of nitrogens with zero attached hydrogens (tertiary/aromatic N) is 2. The second-order valence-corrected chi connectivity index (χ2v) is 9.69. The molecule has 0 atom stereocenters. The Morgan fingerprint density at radius 1 is 1.15 bits per heavy atom. The lowest BCUT2D eigenvalue weighted by Crippen LogP contribution is -2.40. The first-order chi connectivity index (χ1) is 12.9. The third-order valence-electron chi connectivity index (χ3n) is 4.27. The van der Waals surface area contributed by atoms with Crippen LogP contribution >= 0.6 is 11.3 Å². The van der Waals surface area contributed by atoms with Crippen LogP contribution in [0, 0.1) is 0 Å². The summed E-state index contributed by atoms with van der Waals surface area (Å²) >= 11 is 1.19. The van der Waals surface area contributed by atoms with Crippen molar-refractivity contribution >= 4 is 33.0 Å². The van der Waals surface area contributed by atoms with Crippen LogP contribution in [0.3, 0.4) is 0 Å². The van der Waals surface area contributed by atoms with Gasteiger partial charge in [-0.15, -0.1) is 11.3 Å². The number of nitrogens with one attached hydrogen (secondary N) is 1. The first-order valence-corrected chi connectivity index (χ1v) is 10.9. The highest BCUT2D eigenvalue weighted by Gasteiger charge is 2.27. The Morgan fingerprint density at radius 3 is 2.44 bits per heavy atom. The van der Waals surface area contributed by atoms with Crippen LogP contribution in [0.4, 0.5) is 5.69 Å². The summed E-state index contributed by atoms with van der Waals surface area (Å²) in [4.78, 5) is 15.0. The summed E-state index contributed by atoms with van der Waals surface area (Å²) in [6.45, 7) is 1.86. The third kappa shape index (κ3) is 4.67. The molecule has 7 nitrogen and oxygen atoms in total. The lowest BCUT2D eigenvalue weighted by Gasteiger charge is -2.25. The van der Waals surface area contributed by atoms with Crippen LogP contribution in [0.2, 0.25) is 0 Å².